The zero-order valence-corrected chi connectivity index (χ0v) is 19.2. The number of rotatable bonds is 6. The van der Waals surface area contributed by atoms with Gasteiger partial charge in [-0.1, -0.05) is 48.2 Å². The fourth-order valence-corrected chi connectivity index (χ4v) is 4.76. The van der Waals surface area contributed by atoms with Crippen LogP contribution in [0, 0.1) is 0 Å². The van der Waals surface area contributed by atoms with E-state index in [9.17, 15) is 14.4 Å². The molecule has 2 fully saturated rings. The standard InChI is InChI=1S/C23H24Cl2N4O3/c1-15(29-21(31)23(27-22(29)32)9-3-4-10-23)20(30)28(14-17-6-2-5-11-26-17)13-16-7-8-18(24)19(25)12-16/h2,5-8,11-12,15H,3-4,9-10,13-14H2,1H3,(H,27,32). The molecule has 2 aliphatic rings. The summed E-state index contributed by atoms with van der Waals surface area (Å²) in [6.45, 7) is 2.04. The van der Waals surface area contributed by atoms with Crippen LogP contribution in [0.3, 0.4) is 0 Å². The maximum atomic E-state index is 13.6. The molecule has 0 bridgehead atoms. The van der Waals surface area contributed by atoms with E-state index in [4.69, 9.17) is 23.2 Å². The lowest BCUT2D eigenvalue weighted by atomic mass is 9.97. The SMILES string of the molecule is CC(C(=O)N(Cc1ccc(Cl)c(Cl)c1)Cc1ccccn1)N1C(=O)NC2(CCCC2)C1=O. The number of pyridine rings is 1. The molecule has 1 unspecified atom stereocenters. The van der Waals surface area contributed by atoms with E-state index in [2.05, 4.69) is 10.3 Å². The van der Waals surface area contributed by atoms with Crippen molar-refractivity contribution in [2.75, 3.05) is 0 Å². The van der Waals surface area contributed by atoms with Crippen molar-refractivity contribution in [3.05, 3.63) is 63.9 Å². The number of urea groups is 1. The van der Waals surface area contributed by atoms with E-state index in [1.807, 2.05) is 12.1 Å². The fraction of sp³-hybridized carbons (Fsp3) is 0.391. The molecular weight excluding hydrogens is 451 g/mol. The Kier molecular flexibility index (Phi) is 6.40. The van der Waals surface area contributed by atoms with Gasteiger partial charge in [-0.3, -0.25) is 14.6 Å². The summed E-state index contributed by atoms with van der Waals surface area (Å²) in [5, 5.41) is 3.65. The second kappa shape index (κ2) is 9.08. The Labute approximate surface area is 196 Å². The molecule has 7 nitrogen and oxygen atoms in total. The van der Waals surface area contributed by atoms with Crippen LogP contribution in [-0.2, 0) is 22.7 Å². The minimum absolute atomic E-state index is 0.221. The molecule has 2 heterocycles. The number of imide groups is 1. The van der Waals surface area contributed by atoms with Gasteiger partial charge in [-0.15, -0.1) is 0 Å². The molecule has 32 heavy (non-hydrogen) atoms. The molecule has 1 aromatic carbocycles. The van der Waals surface area contributed by atoms with Crippen LogP contribution < -0.4 is 5.32 Å². The Bertz CT molecular complexity index is 1040. The minimum Gasteiger partial charge on any atom is -0.331 e. The van der Waals surface area contributed by atoms with Crippen LogP contribution in [0.15, 0.2) is 42.6 Å². The number of hydrogen-bond acceptors (Lipinski definition) is 4. The van der Waals surface area contributed by atoms with Crippen LogP contribution in [0.25, 0.3) is 0 Å². The highest BCUT2D eigenvalue weighted by molar-refractivity contribution is 6.42. The number of nitrogens with one attached hydrogen (secondary N) is 1. The molecule has 4 rings (SSSR count). The number of carbonyl (C=O) groups is 3. The highest BCUT2D eigenvalue weighted by atomic mass is 35.5. The van der Waals surface area contributed by atoms with Crippen LogP contribution in [-0.4, -0.2) is 44.2 Å². The first kappa shape index (κ1) is 22.6. The van der Waals surface area contributed by atoms with Crippen LogP contribution in [0.4, 0.5) is 4.79 Å². The van der Waals surface area contributed by atoms with Crippen molar-refractivity contribution in [1.82, 2.24) is 20.1 Å². The normalized spacial score (nSPS) is 18.2. The molecule has 1 saturated heterocycles. The van der Waals surface area contributed by atoms with Crippen LogP contribution in [0.5, 0.6) is 0 Å². The van der Waals surface area contributed by atoms with Crippen molar-refractivity contribution in [3.8, 4) is 0 Å². The molecule has 1 spiro atoms. The minimum atomic E-state index is -0.950. The predicted octanol–water partition coefficient (Wildman–Crippen LogP) is 4.17. The first-order chi connectivity index (χ1) is 15.3. The number of benzene rings is 1. The zero-order valence-electron chi connectivity index (χ0n) is 17.7. The molecule has 0 radical (unpaired) electrons. The van der Waals surface area contributed by atoms with Gasteiger partial charge in [-0.05, 0) is 49.6 Å². The third kappa shape index (κ3) is 4.32. The van der Waals surface area contributed by atoms with Crippen molar-refractivity contribution >= 4 is 41.0 Å². The van der Waals surface area contributed by atoms with Gasteiger partial charge in [0.05, 0.1) is 22.3 Å². The number of halogens is 2. The quantitative estimate of drug-likeness (QED) is 0.636. The van der Waals surface area contributed by atoms with Gasteiger partial charge in [0.2, 0.25) is 5.91 Å². The van der Waals surface area contributed by atoms with Gasteiger partial charge in [-0.2, -0.15) is 0 Å². The smallest absolute Gasteiger partial charge is 0.325 e. The fourth-order valence-electron chi connectivity index (χ4n) is 4.44. The molecular formula is C23H24Cl2N4O3. The highest BCUT2D eigenvalue weighted by Gasteiger charge is 2.54. The largest absolute Gasteiger partial charge is 0.331 e. The van der Waals surface area contributed by atoms with E-state index in [0.29, 0.717) is 28.6 Å². The van der Waals surface area contributed by atoms with E-state index in [0.717, 1.165) is 23.3 Å². The molecule has 1 aromatic heterocycles. The Morgan fingerprint density at radius 2 is 1.91 bits per heavy atom. The summed E-state index contributed by atoms with van der Waals surface area (Å²) < 4.78 is 0. The number of carbonyl (C=O) groups excluding carboxylic acids is 3. The molecule has 168 valence electrons. The molecule has 1 atom stereocenters. The van der Waals surface area contributed by atoms with Crippen molar-refractivity contribution in [2.24, 2.45) is 0 Å². The Hall–Kier alpha value is -2.64. The number of amides is 4. The summed E-state index contributed by atoms with van der Waals surface area (Å²) in [6, 6.07) is 9.17. The van der Waals surface area contributed by atoms with E-state index in [1.165, 1.54) is 0 Å². The number of aromatic nitrogens is 1. The van der Waals surface area contributed by atoms with Crippen LogP contribution >= 0.6 is 23.2 Å². The monoisotopic (exact) mass is 474 g/mol. The summed E-state index contributed by atoms with van der Waals surface area (Å²) in [5.41, 5.74) is 0.610. The van der Waals surface area contributed by atoms with Crippen molar-refractivity contribution in [3.63, 3.8) is 0 Å². The lowest BCUT2D eigenvalue weighted by molar-refractivity contribution is -0.143. The van der Waals surface area contributed by atoms with Gasteiger partial charge in [0, 0.05) is 12.7 Å². The Morgan fingerprint density at radius 1 is 1.16 bits per heavy atom. The van der Waals surface area contributed by atoms with Crippen molar-refractivity contribution in [1.29, 1.82) is 0 Å². The Balaban J connectivity index is 1.59. The van der Waals surface area contributed by atoms with E-state index >= 15 is 0 Å². The van der Waals surface area contributed by atoms with Crippen molar-refractivity contribution in [2.45, 2.75) is 57.3 Å². The third-order valence-electron chi connectivity index (χ3n) is 6.14. The summed E-state index contributed by atoms with van der Waals surface area (Å²) >= 11 is 12.2. The van der Waals surface area contributed by atoms with Gasteiger partial charge >= 0.3 is 6.03 Å². The second-order valence-electron chi connectivity index (χ2n) is 8.33. The molecule has 2 aromatic rings. The highest BCUT2D eigenvalue weighted by Crippen LogP contribution is 2.36. The second-order valence-corrected chi connectivity index (χ2v) is 9.15. The molecule has 4 amide bonds. The van der Waals surface area contributed by atoms with Gasteiger partial charge in [-0.25, -0.2) is 9.69 Å². The average molecular weight is 475 g/mol. The topological polar surface area (TPSA) is 82.6 Å². The Morgan fingerprint density at radius 3 is 2.56 bits per heavy atom. The summed E-state index contributed by atoms with van der Waals surface area (Å²) in [6.07, 6.45) is 4.63. The molecule has 1 aliphatic carbocycles. The molecule has 1 saturated carbocycles. The molecule has 1 aliphatic heterocycles. The summed E-state index contributed by atoms with van der Waals surface area (Å²) in [5.74, 6) is -0.659. The van der Waals surface area contributed by atoms with Crippen LogP contribution in [0.2, 0.25) is 10.0 Å². The molecule has 9 heteroatoms. The zero-order chi connectivity index (χ0) is 22.9. The van der Waals surface area contributed by atoms with E-state index < -0.39 is 17.6 Å². The maximum absolute atomic E-state index is 13.6. The summed E-state index contributed by atoms with van der Waals surface area (Å²) in [4.78, 5) is 46.3. The van der Waals surface area contributed by atoms with Gasteiger partial charge in [0.1, 0.15) is 11.6 Å². The predicted molar refractivity (Wildman–Crippen MR) is 121 cm³/mol. The van der Waals surface area contributed by atoms with Gasteiger partial charge in [0.15, 0.2) is 0 Å². The summed E-state index contributed by atoms with van der Waals surface area (Å²) in [7, 11) is 0. The third-order valence-corrected chi connectivity index (χ3v) is 6.88. The van der Waals surface area contributed by atoms with E-state index in [-0.39, 0.29) is 24.9 Å². The number of nitrogens with zero attached hydrogens (tertiary/aromatic N) is 3. The molecule has 1 N–H and O–H groups in total. The van der Waals surface area contributed by atoms with E-state index in [1.54, 1.807) is 42.3 Å². The lowest BCUT2D eigenvalue weighted by Gasteiger charge is -2.29. The average Bonchev–Trinajstić information content (AvgIpc) is 3.34. The maximum Gasteiger partial charge on any atom is 0.325 e. The van der Waals surface area contributed by atoms with Gasteiger partial charge in [0.25, 0.3) is 5.91 Å². The first-order valence-corrected chi connectivity index (χ1v) is 11.3. The first-order valence-electron chi connectivity index (χ1n) is 10.6. The van der Waals surface area contributed by atoms with Crippen molar-refractivity contribution < 1.29 is 14.4 Å². The lowest BCUT2D eigenvalue weighted by Crippen LogP contribution is -2.50. The van der Waals surface area contributed by atoms with Gasteiger partial charge < -0.3 is 10.2 Å². The van der Waals surface area contributed by atoms with Crippen LogP contribution in [0.1, 0.15) is 43.9 Å². The number of hydrogen-bond donors (Lipinski definition) is 1.